The van der Waals surface area contributed by atoms with Crippen LogP contribution in [0.15, 0.2) is 24.3 Å². The summed E-state index contributed by atoms with van der Waals surface area (Å²) >= 11 is 0. The lowest BCUT2D eigenvalue weighted by Gasteiger charge is -2.16. The van der Waals surface area contributed by atoms with Gasteiger partial charge < -0.3 is 0 Å². The van der Waals surface area contributed by atoms with Crippen LogP contribution < -0.4 is 5.30 Å². The third-order valence-corrected chi connectivity index (χ3v) is 5.93. The molecule has 0 saturated heterocycles. The van der Waals surface area contributed by atoms with E-state index < -0.39 is 0 Å². The Morgan fingerprint density at radius 1 is 0.882 bits per heavy atom. The van der Waals surface area contributed by atoms with Crippen LogP contribution in [0.5, 0.6) is 0 Å². The van der Waals surface area contributed by atoms with E-state index in [9.17, 15) is 0 Å². The molecule has 1 aromatic rings. The number of unbranched alkanes of at least 4 members (excludes halogenated alkanes) is 2. The summed E-state index contributed by atoms with van der Waals surface area (Å²) in [4.78, 5) is 0. The van der Waals surface area contributed by atoms with Crippen LogP contribution in [0.25, 0.3) is 0 Å². The first-order valence-electron chi connectivity index (χ1n) is 7.15. The Bertz CT molecular complexity index is 289. The van der Waals surface area contributed by atoms with Crippen molar-refractivity contribution >= 4 is 13.2 Å². The van der Waals surface area contributed by atoms with Crippen LogP contribution >= 0.6 is 7.92 Å². The highest BCUT2D eigenvalue weighted by Crippen LogP contribution is 2.34. The molecule has 17 heavy (non-hydrogen) atoms. The van der Waals surface area contributed by atoms with Crippen molar-refractivity contribution in [1.82, 2.24) is 0 Å². The average Bonchev–Trinajstić information content (AvgIpc) is 2.38. The molecule has 0 aromatic heterocycles. The van der Waals surface area contributed by atoms with Crippen molar-refractivity contribution in [1.29, 1.82) is 0 Å². The summed E-state index contributed by atoms with van der Waals surface area (Å²) in [5, 5.41) is 1.61. The van der Waals surface area contributed by atoms with E-state index in [2.05, 4.69) is 45.0 Å². The molecule has 1 atom stereocenters. The van der Waals surface area contributed by atoms with Crippen LogP contribution in [-0.2, 0) is 6.42 Å². The Kier molecular flexibility index (Phi) is 7.53. The van der Waals surface area contributed by atoms with Gasteiger partial charge >= 0.3 is 0 Å². The standard InChI is InChI=1S/C16H27P/c1-4-7-9-15-10-12-16(13-11-15)17(6-3)14-8-5-2/h10-13H,4-9,14H2,1-3H3. The lowest BCUT2D eigenvalue weighted by atomic mass is 10.1. The largest absolute Gasteiger partial charge is 0.0756 e. The second-order valence-corrected chi connectivity index (χ2v) is 7.38. The topological polar surface area (TPSA) is 0 Å². The van der Waals surface area contributed by atoms with Gasteiger partial charge in [0.05, 0.1) is 0 Å². The van der Waals surface area contributed by atoms with Crippen molar-refractivity contribution in [3.63, 3.8) is 0 Å². The van der Waals surface area contributed by atoms with Crippen LogP contribution in [0.4, 0.5) is 0 Å². The average molecular weight is 250 g/mol. The monoisotopic (exact) mass is 250 g/mol. The van der Waals surface area contributed by atoms with Gasteiger partial charge in [0.1, 0.15) is 0 Å². The zero-order chi connectivity index (χ0) is 12.5. The van der Waals surface area contributed by atoms with E-state index in [0.29, 0.717) is 0 Å². The van der Waals surface area contributed by atoms with E-state index in [0.717, 1.165) is 0 Å². The molecular formula is C16H27P. The van der Waals surface area contributed by atoms with E-state index in [-0.39, 0.29) is 7.92 Å². The summed E-state index contributed by atoms with van der Waals surface area (Å²) in [6, 6.07) is 9.47. The van der Waals surface area contributed by atoms with Gasteiger partial charge in [-0.1, -0.05) is 65.8 Å². The molecular weight excluding hydrogens is 223 g/mol. The fourth-order valence-electron chi connectivity index (χ4n) is 2.07. The zero-order valence-electron chi connectivity index (χ0n) is 11.7. The molecule has 1 heteroatoms. The van der Waals surface area contributed by atoms with E-state index in [4.69, 9.17) is 0 Å². The molecule has 0 saturated carbocycles. The van der Waals surface area contributed by atoms with Crippen molar-refractivity contribution in [3.8, 4) is 0 Å². The molecule has 0 nitrogen and oxygen atoms in total. The Balaban J connectivity index is 2.57. The lowest BCUT2D eigenvalue weighted by molar-refractivity contribution is 0.795. The van der Waals surface area contributed by atoms with Crippen LogP contribution in [0, 0.1) is 0 Å². The van der Waals surface area contributed by atoms with Gasteiger partial charge in [-0.25, -0.2) is 0 Å². The molecule has 0 amide bonds. The molecule has 0 aliphatic rings. The molecule has 96 valence electrons. The molecule has 0 fully saturated rings. The fraction of sp³-hybridized carbons (Fsp3) is 0.625. The maximum atomic E-state index is 2.38. The van der Waals surface area contributed by atoms with Crippen LogP contribution in [0.3, 0.4) is 0 Å². The minimum absolute atomic E-state index is 0.115. The predicted octanol–water partition coefficient (Wildman–Crippen LogP) is 4.96. The number of benzene rings is 1. The summed E-state index contributed by atoms with van der Waals surface area (Å²) in [5.74, 6) is 0. The van der Waals surface area contributed by atoms with Crippen molar-refractivity contribution in [2.75, 3.05) is 12.3 Å². The minimum Gasteiger partial charge on any atom is -0.0756 e. The van der Waals surface area contributed by atoms with Crippen LogP contribution in [0.2, 0.25) is 0 Å². The Hall–Kier alpha value is -0.350. The molecule has 1 rings (SSSR count). The predicted molar refractivity (Wildman–Crippen MR) is 81.9 cm³/mol. The van der Waals surface area contributed by atoms with Gasteiger partial charge in [-0.2, -0.15) is 0 Å². The zero-order valence-corrected chi connectivity index (χ0v) is 12.6. The van der Waals surface area contributed by atoms with Gasteiger partial charge in [0.25, 0.3) is 0 Å². The molecule has 0 heterocycles. The van der Waals surface area contributed by atoms with Crippen molar-refractivity contribution in [2.45, 2.75) is 52.9 Å². The number of hydrogen-bond acceptors (Lipinski definition) is 0. The maximum absolute atomic E-state index is 2.38. The molecule has 0 N–H and O–H groups in total. The highest BCUT2D eigenvalue weighted by molar-refractivity contribution is 7.65. The summed E-state index contributed by atoms with van der Waals surface area (Å²) in [6.07, 6.45) is 9.32. The quantitative estimate of drug-likeness (QED) is 0.572. The van der Waals surface area contributed by atoms with E-state index in [1.807, 2.05) is 0 Å². The van der Waals surface area contributed by atoms with Crippen molar-refractivity contribution in [3.05, 3.63) is 29.8 Å². The molecule has 1 aromatic carbocycles. The Morgan fingerprint density at radius 3 is 2.06 bits per heavy atom. The molecule has 0 bridgehead atoms. The van der Waals surface area contributed by atoms with E-state index in [1.165, 1.54) is 50.0 Å². The second kappa shape index (κ2) is 8.70. The smallest absolute Gasteiger partial charge is 0.0240 e. The maximum Gasteiger partial charge on any atom is -0.0240 e. The first kappa shape index (κ1) is 14.7. The van der Waals surface area contributed by atoms with Gasteiger partial charge in [-0.15, -0.1) is 0 Å². The molecule has 0 radical (unpaired) electrons. The number of aryl methyl sites for hydroxylation is 1. The highest BCUT2D eigenvalue weighted by atomic mass is 31.1. The van der Waals surface area contributed by atoms with Gasteiger partial charge in [-0.3, -0.25) is 0 Å². The molecule has 1 unspecified atom stereocenters. The Labute approximate surface area is 109 Å². The fourth-order valence-corrected chi connectivity index (χ4v) is 4.28. The molecule has 0 aliphatic heterocycles. The summed E-state index contributed by atoms with van der Waals surface area (Å²) < 4.78 is 0. The van der Waals surface area contributed by atoms with Gasteiger partial charge in [0.2, 0.25) is 0 Å². The summed E-state index contributed by atoms with van der Waals surface area (Å²) in [5.41, 5.74) is 1.51. The molecule has 0 spiro atoms. The Morgan fingerprint density at radius 2 is 1.53 bits per heavy atom. The van der Waals surface area contributed by atoms with Crippen molar-refractivity contribution in [2.24, 2.45) is 0 Å². The lowest BCUT2D eigenvalue weighted by Crippen LogP contribution is -2.05. The summed E-state index contributed by atoms with van der Waals surface area (Å²) in [7, 11) is 0.115. The SMILES string of the molecule is CCCCc1ccc(P(CC)CCCC)cc1. The third kappa shape index (κ3) is 5.21. The number of rotatable bonds is 8. The van der Waals surface area contributed by atoms with Gasteiger partial charge in [0.15, 0.2) is 0 Å². The third-order valence-electron chi connectivity index (χ3n) is 3.28. The first-order chi connectivity index (χ1) is 8.31. The molecule has 0 aliphatic carbocycles. The second-order valence-electron chi connectivity index (χ2n) is 4.70. The van der Waals surface area contributed by atoms with Gasteiger partial charge in [0, 0.05) is 0 Å². The first-order valence-corrected chi connectivity index (χ1v) is 8.86. The van der Waals surface area contributed by atoms with E-state index >= 15 is 0 Å². The van der Waals surface area contributed by atoms with Gasteiger partial charge in [-0.05, 0) is 42.5 Å². The van der Waals surface area contributed by atoms with Crippen molar-refractivity contribution < 1.29 is 0 Å². The van der Waals surface area contributed by atoms with Crippen LogP contribution in [-0.4, -0.2) is 12.3 Å². The number of hydrogen-bond donors (Lipinski definition) is 0. The minimum atomic E-state index is 0.115. The summed E-state index contributed by atoms with van der Waals surface area (Å²) in [6.45, 7) is 6.89. The highest BCUT2D eigenvalue weighted by Gasteiger charge is 2.07. The van der Waals surface area contributed by atoms with E-state index in [1.54, 1.807) is 5.30 Å². The van der Waals surface area contributed by atoms with Crippen LogP contribution in [0.1, 0.15) is 52.0 Å². The normalized spacial score (nSPS) is 12.6.